The fourth-order valence-electron chi connectivity index (χ4n) is 3.38. The topological polar surface area (TPSA) is 122 Å². The maximum absolute atomic E-state index is 13.2. The Balaban J connectivity index is 2.12. The van der Waals surface area contributed by atoms with E-state index in [4.69, 9.17) is 10.5 Å². The van der Waals surface area contributed by atoms with Gasteiger partial charge in [0.2, 0.25) is 10.0 Å². The molecule has 0 radical (unpaired) electrons. The number of nitrogens with two attached hydrogens (primary N) is 1. The van der Waals surface area contributed by atoms with E-state index in [9.17, 15) is 13.2 Å². The lowest BCUT2D eigenvalue weighted by molar-refractivity contribution is 0.222. The van der Waals surface area contributed by atoms with Gasteiger partial charge in [0, 0.05) is 26.2 Å². The monoisotopic (exact) mass is 435 g/mol. The Morgan fingerprint density at radius 3 is 2.50 bits per heavy atom. The zero-order chi connectivity index (χ0) is 22.1. The van der Waals surface area contributed by atoms with Crippen LogP contribution < -0.4 is 16.0 Å². The molecule has 2 heterocycles. The van der Waals surface area contributed by atoms with Crippen LogP contribution in [-0.2, 0) is 10.0 Å². The Morgan fingerprint density at radius 1 is 1.23 bits per heavy atom. The van der Waals surface area contributed by atoms with Crippen LogP contribution in [0.3, 0.4) is 0 Å². The lowest BCUT2D eigenvalue weighted by Gasteiger charge is -2.31. The SMILES string of the molecule is CCOc1ccc(S(=O)(=O)N2CCN(C)CC2)cc1-c1nc(C(C)C)c(N)c(=O)[nH]1. The maximum Gasteiger partial charge on any atom is 0.274 e. The highest BCUT2D eigenvalue weighted by Crippen LogP contribution is 2.32. The fourth-order valence-corrected chi connectivity index (χ4v) is 4.83. The van der Waals surface area contributed by atoms with Crippen molar-refractivity contribution in [1.82, 2.24) is 19.2 Å². The molecule has 1 aliphatic heterocycles. The van der Waals surface area contributed by atoms with Crippen molar-refractivity contribution >= 4 is 15.7 Å². The molecule has 3 rings (SSSR count). The van der Waals surface area contributed by atoms with Crippen molar-refractivity contribution in [2.75, 3.05) is 45.6 Å². The van der Waals surface area contributed by atoms with E-state index in [0.29, 0.717) is 49.8 Å². The van der Waals surface area contributed by atoms with Crippen LogP contribution in [0.25, 0.3) is 11.4 Å². The summed E-state index contributed by atoms with van der Waals surface area (Å²) >= 11 is 0. The van der Waals surface area contributed by atoms with Crippen LogP contribution in [0.2, 0.25) is 0 Å². The molecular weight excluding hydrogens is 406 g/mol. The molecule has 3 N–H and O–H groups in total. The number of nitrogens with one attached hydrogen (secondary N) is 1. The average molecular weight is 436 g/mol. The van der Waals surface area contributed by atoms with Gasteiger partial charge in [-0.1, -0.05) is 13.8 Å². The standard InChI is InChI=1S/C20H29N5O4S/c1-5-29-16-7-6-14(30(27,28)25-10-8-24(4)9-11-25)12-15(16)19-22-18(13(2)3)17(21)20(26)23-19/h6-7,12-13H,5,8-11,21H2,1-4H3,(H,22,23,26). The van der Waals surface area contributed by atoms with Crippen LogP contribution in [0, 0.1) is 0 Å². The molecule has 1 fully saturated rings. The minimum atomic E-state index is -3.69. The van der Waals surface area contributed by atoms with Crippen molar-refractivity contribution in [3.8, 4) is 17.1 Å². The molecule has 1 aliphatic rings. The van der Waals surface area contributed by atoms with Gasteiger partial charge in [-0.3, -0.25) is 4.79 Å². The van der Waals surface area contributed by atoms with Crippen molar-refractivity contribution < 1.29 is 13.2 Å². The number of nitrogen functional groups attached to an aromatic ring is 1. The first-order valence-corrected chi connectivity index (χ1v) is 11.4. The van der Waals surface area contributed by atoms with E-state index in [1.54, 1.807) is 6.07 Å². The maximum atomic E-state index is 13.2. The summed E-state index contributed by atoms with van der Waals surface area (Å²) in [7, 11) is -1.72. The number of piperazine rings is 1. The minimum Gasteiger partial charge on any atom is -0.493 e. The zero-order valence-corrected chi connectivity index (χ0v) is 18.6. The minimum absolute atomic E-state index is 0.0629. The van der Waals surface area contributed by atoms with Crippen LogP contribution >= 0.6 is 0 Å². The van der Waals surface area contributed by atoms with Gasteiger partial charge in [-0.15, -0.1) is 0 Å². The highest BCUT2D eigenvalue weighted by atomic mass is 32.2. The van der Waals surface area contributed by atoms with E-state index in [1.165, 1.54) is 16.4 Å². The molecule has 1 saturated heterocycles. The first kappa shape index (κ1) is 22.3. The number of ether oxygens (including phenoxy) is 1. The fraction of sp³-hybridized carbons (Fsp3) is 0.500. The van der Waals surface area contributed by atoms with E-state index in [-0.39, 0.29) is 22.3 Å². The quantitative estimate of drug-likeness (QED) is 0.705. The Kier molecular flexibility index (Phi) is 6.49. The summed E-state index contributed by atoms with van der Waals surface area (Å²) in [6, 6.07) is 4.64. The largest absolute Gasteiger partial charge is 0.493 e. The second-order valence-corrected chi connectivity index (χ2v) is 9.60. The Morgan fingerprint density at radius 2 is 1.90 bits per heavy atom. The zero-order valence-electron chi connectivity index (χ0n) is 17.8. The molecule has 9 nitrogen and oxygen atoms in total. The van der Waals surface area contributed by atoms with Crippen molar-refractivity contribution in [3.63, 3.8) is 0 Å². The van der Waals surface area contributed by atoms with Gasteiger partial charge in [-0.2, -0.15) is 4.31 Å². The number of rotatable bonds is 6. The van der Waals surface area contributed by atoms with E-state index >= 15 is 0 Å². The van der Waals surface area contributed by atoms with Gasteiger partial charge in [0.25, 0.3) is 5.56 Å². The molecule has 1 aromatic carbocycles. The highest BCUT2D eigenvalue weighted by molar-refractivity contribution is 7.89. The number of benzene rings is 1. The van der Waals surface area contributed by atoms with Gasteiger partial charge in [-0.05, 0) is 38.1 Å². The first-order valence-electron chi connectivity index (χ1n) is 10.0. The lowest BCUT2D eigenvalue weighted by atomic mass is 10.1. The van der Waals surface area contributed by atoms with Crippen molar-refractivity contribution in [2.24, 2.45) is 0 Å². The van der Waals surface area contributed by atoms with Crippen LogP contribution in [0.15, 0.2) is 27.9 Å². The summed E-state index contributed by atoms with van der Waals surface area (Å²) in [6.45, 7) is 8.19. The number of hydrogen-bond acceptors (Lipinski definition) is 7. The number of aromatic nitrogens is 2. The van der Waals surface area contributed by atoms with Gasteiger partial charge in [0.15, 0.2) is 0 Å². The van der Waals surface area contributed by atoms with Gasteiger partial charge < -0.3 is 20.4 Å². The Bertz CT molecular complexity index is 1070. The molecule has 0 spiro atoms. The molecule has 0 amide bonds. The number of likely N-dealkylation sites (N-methyl/N-ethyl adjacent to an activating group) is 1. The third-order valence-corrected chi connectivity index (χ3v) is 7.03. The molecule has 0 saturated carbocycles. The molecular formula is C20H29N5O4S. The summed E-state index contributed by atoms with van der Waals surface area (Å²) < 4.78 is 33.6. The third kappa shape index (κ3) is 4.35. The normalized spacial score (nSPS) is 16.2. The van der Waals surface area contributed by atoms with Gasteiger partial charge in [0.05, 0.1) is 22.8 Å². The number of nitrogens with zero attached hydrogens (tertiary/aromatic N) is 3. The van der Waals surface area contributed by atoms with E-state index < -0.39 is 15.6 Å². The molecule has 30 heavy (non-hydrogen) atoms. The number of hydrogen-bond donors (Lipinski definition) is 2. The molecule has 0 bridgehead atoms. The highest BCUT2D eigenvalue weighted by Gasteiger charge is 2.28. The molecule has 10 heteroatoms. The van der Waals surface area contributed by atoms with Gasteiger partial charge in [-0.25, -0.2) is 13.4 Å². The second-order valence-electron chi connectivity index (χ2n) is 7.67. The van der Waals surface area contributed by atoms with Crippen LogP contribution in [0.1, 0.15) is 32.4 Å². The van der Waals surface area contributed by atoms with E-state index in [0.717, 1.165) is 0 Å². The lowest BCUT2D eigenvalue weighted by Crippen LogP contribution is -2.47. The Hall–Kier alpha value is -2.43. The summed E-state index contributed by atoms with van der Waals surface area (Å²) in [5, 5.41) is 0. The number of sulfonamides is 1. The predicted octanol–water partition coefficient (Wildman–Crippen LogP) is 1.48. The summed E-state index contributed by atoms with van der Waals surface area (Å²) in [5.74, 6) is 0.605. The Labute approximate surface area is 176 Å². The third-order valence-electron chi connectivity index (χ3n) is 5.14. The number of aromatic amines is 1. The van der Waals surface area contributed by atoms with Gasteiger partial charge in [0.1, 0.15) is 17.3 Å². The molecule has 2 aromatic rings. The van der Waals surface area contributed by atoms with Crippen LogP contribution in [0.5, 0.6) is 5.75 Å². The number of anilines is 1. The smallest absolute Gasteiger partial charge is 0.274 e. The molecule has 0 unspecified atom stereocenters. The van der Waals surface area contributed by atoms with Gasteiger partial charge >= 0.3 is 0 Å². The van der Waals surface area contributed by atoms with Crippen LogP contribution in [-0.4, -0.2) is 67.4 Å². The molecule has 0 aliphatic carbocycles. The van der Waals surface area contributed by atoms with E-state index in [1.807, 2.05) is 27.8 Å². The molecule has 1 aromatic heterocycles. The molecule has 164 valence electrons. The van der Waals surface area contributed by atoms with Crippen molar-refractivity contribution in [2.45, 2.75) is 31.6 Å². The summed E-state index contributed by atoms with van der Waals surface area (Å²) in [6.07, 6.45) is 0. The second kappa shape index (κ2) is 8.75. The molecule has 0 atom stereocenters. The predicted molar refractivity (Wildman–Crippen MR) is 116 cm³/mol. The summed E-state index contributed by atoms with van der Waals surface area (Å²) in [4.78, 5) is 21.8. The number of H-pyrrole nitrogens is 1. The first-order chi connectivity index (χ1) is 14.1. The van der Waals surface area contributed by atoms with Crippen LogP contribution in [0.4, 0.5) is 5.69 Å². The van der Waals surface area contributed by atoms with Crippen molar-refractivity contribution in [3.05, 3.63) is 34.2 Å². The summed E-state index contributed by atoms with van der Waals surface area (Å²) in [5.41, 5.74) is 6.36. The average Bonchev–Trinajstić information content (AvgIpc) is 2.70. The van der Waals surface area contributed by atoms with Crippen molar-refractivity contribution in [1.29, 1.82) is 0 Å². The van der Waals surface area contributed by atoms with E-state index in [2.05, 4.69) is 14.9 Å².